The summed E-state index contributed by atoms with van der Waals surface area (Å²) in [6, 6.07) is 30.9. The average molecular weight is 635 g/mol. The Morgan fingerprint density at radius 2 is 0.841 bits per heavy atom. The van der Waals surface area contributed by atoms with Crippen molar-refractivity contribution in [1.82, 2.24) is 10.6 Å². The highest BCUT2D eigenvalue weighted by Crippen LogP contribution is 2.26. The molecule has 0 bridgehead atoms. The van der Waals surface area contributed by atoms with Crippen LogP contribution in [0.15, 0.2) is 109 Å². The lowest BCUT2D eigenvalue weighted by Crippen LogP contribution is -2.37. The first-order chi connectivity index (χ1) is 20.9. The molecule has 44 heavy (non-hydrogen) atoms. The lowest BCUT2D eigenvalue weighted by Gasteiger charge is -2.25. The number of para-hydroxylation sites is 2. The Labute approximate surface area is 258 Å². The van der Waals surface area contributed by atoms with Crippen LogP contribution in [0.3, 0.4) is 0 Å². The molecule has 2 amide bonds. The normalized spacial score (nSPS) is 11.4. The maximum Gasteiger partial charge on any atom is 0.253 e. The van der Waals surface area contributed by atoms with E-state index in [9.17, 15) is 26.4 Å². The van der Waals surface area contributed by atoms with Gasteiger partial charge in [-0.3, -0.25) is 18.2 Å². The lowest BCUT2D eigenvalue weighted by atomic mass is 10.1. The molecule has 0 aliphatic rings. The van der Waals surface area contributed by atoms with Gasteiger partial charge in [-0.1, -0.05) is 84.9 Å². The van der Waals surface area contributed by atoms with Gasteiger partial charge in [0.2, 0.25) is 20.0 Å². The fraction of sp³-hybridized carbons (Fsp3) is 0.188. The van der Waals surface area contributed by atoms with Crippen LogP contribution in [0.25, 0.3) is 0 Å². The highest BCUT2D eigenvalue weighted by Gasteiger charge is 2.25. The van der Waals surface area contributed by atoms with Crippen LogP contribution in [0.2, 0.25) is 0 Å². The maximum atomic E-state index is 13.2. The number of anilines is 2. The number of benzene rings is 4. The molecule has 230 valence electrons. The van der Waals surface area contributed by atoms with E-state index >= 15 is 0 Å². The summed E-state index contributed by atoms with van der Waals surface area (Å²) in [6.07, 6.45) is 2.17. The SMILES string of the molecule is CS(=O)(=O)N(Cc1ccccc1)c1ccccc1C(=O)NCCNC(=O)c1ccccc1N(Cc1ccccc1)S(C)(=O)=O. The van der Waals surface area contributed by atoms with Crippen molar-refractivity contribution in [2.24, 2.45) is 0 Å². The van der Waals surface area contributed by atoms with Crippen LogP contribution in [0.5, 0.6) is 0 Å². The van der Waals surface area contributed by atoms with Crippen molar-refractivity contribution in [2.75, 3.05) is 34.2 Å². The summed E-state index contributed by atoms with van der Waals surface area (Å²) in [7, 11) is -7.46. The summed E-state index contributed by atoms with van der Waals surface area (Å²) in [6.45, 7) is 0.180. The van der Waals surface area contributed by atoms with Gasteiger partial charge in [-0.05, 0) is 35.4 Å². The van der Waals surface area contributed by atoms with Crippen molar-refractivity contribution in [3.63, 3.8) is 0 Å². The van der Waals surface area contributed by atoms with E-state index in [1.807, 2.05) is 36.4 Å². The van der Waals surface area contributed by atoms with Gasteiger partial charge in [0, 0.05) is 13.1 Å². The Morgan fingerprint density at radius 1 is 0.523 bits per heavy atom. The molecule has 0 unspecified atom stereocenters. The third-order valence-electron chi connectivity index (χ3n) is 6.67. The number of hydrogen-bond donors (Lipinski definition) is 2. The number of amides is 2. The maximum absolute atomic E-state index is 13.2. The fourth-order valence-electron chi connectivity index (χ4n) is 4.57. The van der Waals surface area contributed by atoms with Gasteiger partial charge in [0.15, 0.2) is 0 Å². The molecule has 0 spiro atoms. The molecule has 0 saturated heterocycles. The summed E-state index contributed by atoms with van der Waals surface area (Å²) in [5, 5.41) is 5.46. The number of rotatable bonds is 13. The Hall–Kier alpha value is -4.68. The average Bonchev–Trinajstić information content (AvgIpc) is 3.00. The van der Waals surface area contributed by atoms with Crippen LogP contribution >= 0.6 is 0 Å². The first-order valence-corrected chi connectivity index (χ1v) is 17.4. The minimum absolute atomic E-state index is 0.0401. The number of carbonyl (C=O) groups excluding carboxylic acids is 2. The molecule has 4 rings (SSSR count). The number of carbonyl (C=O) groups is 2. The van der Waals surface area contributed by atoms with Crippen molar-refractivity contribution in [1.29, 1.82) is 0 Å². The van der Waals surface area contributed by atoms with Crippen LogP contribution in [-0.2, 0) is 33.1 Å². The number of nitrogens with one attached hydrogen (secondary N) is 2. The zero-order chi connectivity index (χ0) is 31.7. The summed E-state index contributed by atoms with van der Waals surface area (Å²) in [5.41, 5.74) is 2.30. The van der Waals surface area contributed by atoms with Gasteiger partial charge < -0.3 is 10.6 Å². The van der Waals surface area contributed by atoms with Gasteiger partial charge in [0.05, 0.1) is 48.1 Å². The minimum atomic E-state index is -3.73. The van der Waals surface area contributed by atoms with Crippen molar-refractivity contribution in [3.05, 3.63) is 131 Å². The molecule has 0 heterocycles. The van der Waals surface area contributed by atoms with E-state index in [0.29, 0.717) is 0 Å². The molecule has 0 aliphatic heterocycles. The lowest BCUT2D eigenvalue weighted by molar-refractivity contribution is 0.0928. The highest BCUT2D eigenvalue weighted by molar-refractivity contribution is 7.92. The summed E-state index contributed by atoms with van der Waals surface area (Å²) >= 11 is 0. The number of nitrogens with zero attached hydrogens (tertiary/aromatic N) is 2. The van der Waals surface area contributed by atoms with E-state index in [1.54, 1.807) is 60.7 Å². The molecule has 4 aromatic carbocycles. The fourth-order valence-corrected chi connectivity index (χ4v) is 6.37. The number of hydrogen-bond acceptors (Lipinski definition) is 6. The van der Waals surface area contributed by atoms with Gasteiger partial charge in [-0.15, -0.1) is 0 Å². The van der Waals surface area contributed by atoms with E-state index in [-0.39, 0.29) is 48.7 Å². The Kier molecular flexibility index (Phi) is 10.4. The molecule has 0 aliphatic carbocycles. The molecule has 0 aromatic heterocycles. The minimum Gasteiger partial charge on any atom is -0.350 e. The van der Waals surface area contributed by atoms with Crippen molar-refractivity contribution >= 4 is 43.2 Å². The van der Waals surface area contributed by atoms with Gasteiger partial charge >= 0.3 is 0 Å². The Morgan fingerprint density at radius 3 is 1.18 bits per heavy atom. The van der Waals surface area contributed by atoms with Crippen molar-refractivity contribution in [2.45, 2.75) is 13.1 Å². The molecule has 0 fully saturated rings. The molecular weight excluding hydrogens is 601 g/mol. The molecular formula is C32H34N4O6S2. The van der Waals surface area contributed by atoms with E-state index < -0.39 is 31.9 Å². The van der Waals surface area contributed by atoms with Gasteiger partial charge in [-0.25, -0.2) is 16.8 Å². The monoisotopic (exact) mass is 634 g/mol. The third-order valence-corrected chi connectivity index (χ3v) is 8.92. The number of sulfonamides is 2. The topological polar surface area (TPSA) is 133 Å². The zero-order valence-corrected chi connectivity index (χ0v) is 26.0. The second-order valence-electron chi connectivity index (χ2n) is 10.1. The van der Waals surface area contributed by atoms with E-state index in [2.05, 4.69) is 10.6 Å². The summed E-state index contributed by atoms with van der Waals surface area (Å²) in [5.74, 6) is -1.02. The molecule has 0 atom stereocenters. The smallest absolute Gasteiger partial charge is 0.253 e. The molecule has 0 radical (unpaired) electrons. The second kappa shape index (κ2) is 14.2. The van der Waals surface area contributed by atoms with Crippen LogP contribution in [-0.4, -0.2) is 54.3 Å². The molecule has 10 nitrogen and oxygen atoms in total. The molecule has 4 aromatic rings. The van der Waals surface area contributed by atoms with E-state index in [0.717, 1.165) is 23.6 Å². The van der Waals surface area contributed by atoms with Crippen LogP contribution in [0.4, 0.5) is 11.4 Å². The van der Waals surface area contributed by atoms with Crippen LogP contribution in [0.1, 0.15) is 31.8 Å². The molecule has 0 saturated carbocycles. The Balaban J connectivity index is 1.44. The standard InChI is InChI=1S/C32H34N4O6S2/c1-43(39,40)35(23-25-13-5-3-6-14-25)29-19-11-9-17-27(29)31(37)33-21-22-34-32(38)28-18-10-12-20-30(28)36(44(2,41)42)24-26-15-7-4-8-16-26/h3-20H,21-24H2,1-2H3,(H,33,37)(H,34,38). The predicted molar refractivity (Wildman–Crippen MR) is 172 cm³/mol. The predicted octanol–water partition coefficient (Wildman–Crippen LogP) is 3.78. The molecule has 12 heteroatoms. The van der Waals surface area contributed by atoms with Gasteiger partial charge in [0.25, 0.3) is 11.8 Å². The van der Waals surface area contributed by atoms with Crippen LogP contribution < -0.4 is 19.2 Å². The van der Waals surface area contributed by atoms with Crippen molar-refractivity contribution < 1.29 is 26.4 Å². The first kappa shape index (κ1) is 32.2. The zero-order valence-electron chi connectivity index (χ0n) is 24.4. The van der Waals surface area contributed by atoms with Gasteiger partial charge in [-0.2, -0.15) is 0 Å². The van der Waals surface area contributed by atoms with E-state index in [1.165, 1.54) is 20.7 Å². The highest BCUT2D eigenvalue weighted by atomic mass is 32.2. The quantitative estimate of drug-likeness (QED) is 0.215. The summed E-state index contributed by atoms with van der Waals surface area (Å²) < 4.78 is 53.3. The van der Waals surface area contributed by atoms with Crippen molar-refractivity contribution in [3.8, 4) is 0 Å². The Bertz CT molecular complexity index is 1680. The van der Waals surface area contributed by atoms with Gasteiger partial charge in [0.1, 0.15) is 0 Å². The summed E-state index contributed by atoms with van der Waals surface area (Å²) in [4.78, 5) is 26.3. The third kappa shape index (κ3) is 8.45. The molecule has 2 N–H and O–H groups in total. The van der Waals surface area contributed by atoms with Crippen LogP contribution in [0, 0.1) is 0 Å². The second-order valence-corrected chi connectivity index (χ2v) is 13.9. The van der Waals surface area contributed by atoms with E-state index in [4.69, 9.17) is 0 Å². The largest absolute Gasteiger partial charge is 0.350 e. The first-order valence-electron chi connectivity index (χ1n) is 13.7.